The van der Waals surface area contributed by atoms with Crippen molar-refractivity contribution in [1.82, 2.24) is 9.13 Å². The van der Waals surface area contributed by atoms with Gasteiger partial charge in [0.25, 0.3) is 0 Å². The van der Waals surface area contributed by atoms with E-state index in [1.807, 2.05) is 6.07 Å². The van der Waals surface area contributed by atoms with Crippen LogP contribution in [0.5, 0.6) is 5.75 Å². The molecule has 1 aliphatic rings. The number of rotatable bonds is 7. The van der Waals surface area contributed by atoms with Gasteiger partial charge in [-0.15, -0.1) is 19.3 Å². The summed E-state index contributed by atoms with van der Waals surface area (Å²) in [5.41, 5.74) is 10.5. The standard InChI is InChI=1S/C48H44N2O/c1-9-22-49-43-26-31(25-42-36-18-14-33-28-34(51-24-11-3)15-19-35(33)41(36)30-48(42,7)8)12-16-37(43)39-20-21-40-38-17-13-32(29-47(4,5)6)27-44(38)50(23-10-2)46(40)45(39)49/h1-3,12-21,26-28,42H,22-25,29-30H2,4-8H3. The third-order valence-electron chi connectivity index (χ3n) is 11.1. The zero-order chi connectivity index (χ0) is 35.7. The second kappa shape index (κ2) is 12.0. The van der Waals surface area contributed by atoms with Gasteiger partial charge in [-0.1, -0.05) is 107 Å². The lowest BCUT2D eigenvalue weighted by Crippen LogP contribution is -2.19. The molecule has 0 N–H and O–H groups in total. The largest absolute Gasteiger partial charge is 0.481 e. The third-order valence-corrected chi connectivity index (χ3v) is 11.1. The van der Waals surface area contributed by atoms with E-state index in [9.17, 15) is 0 Å². The van der Waals surface area contributed by atoms with Gasteiger partial charge in [0.1, 0.15) is 12.4 Å². The summed E-state index contributed by atoms with van der Waals surface area (Å²) in [6.07, 6.45) is 20.6. The van der Waals surface area contributed by atoms with Crippen molar-refractivity contribution in [3.8, 4) is 42.8 Å². The third kappa shape index (κ3) is 5.43. The summed E-state index contributed by atoms with van der Waals surface area (Å²) in [5.74, 6) is 9.70. The van der Waals surface area contributed by atoms with E-state index in [-0.39, 0.29) is 17.4 Å². The minimum Gasteiger partial charge on any atom is -0.481 e. The molecule has 0 bridgehead atoms. The van der Waals surface area contributed by atoms with E-state index in [1.165, 1.54) is 65.6 Å². The first-order valence-electron chi connectivity index (χ1n) is 18.0. The van der Waals surface area contributed by atoms with Gasteiger partial charge >= 0.3 is 0 Å². The quantitative estimate of drug-likeness (QED) is 0.155. The van der Waals surface area contributed by atoms with Gasteiger partial charge in [0.05, 0.1) is 35.2 Å². The molecule has 0 spiro atoms. The lowest BCUT2D eigenvalue weighted by atomic mass is 9.76. The molecular formula is C48H44N2O. The summed E-state index contributed by atoms with van der Waals surface area (Å²) in [6.45, 7) is 12.9. The molecule has 0 saturated carbocycles. The minimum absolute atomic E-state index is 0.101. The Hall–Kier alpha value is -5.56. The van der Waals surface area contributed by atoms with Gasteiger partial charge in [0.2, 0.25) is 0 Å². The number of hydrogen-bond acceptors (Lipinski definition) is 1. The zero-order valence-corrected chi connectivity index (χ0v) is 30.4. The second-order valence-corrected chi connectivity index (χ2v) is 16.3. The Morgan fingerprint density at radius 1 is 0.706 bits per heavy atom. The van der Waals surface area contributed by atoms with Gasteiger partial charge in [-0.3, -0.25) is 0 Å². The average Bonchev–Trinajstić information content (AvgIpc) is 3.67. The summed E-state index contributed by atoms with van der Waals surface area (Å²) in [6, 6.07) is 29.4. The van der Waals surface area contributed by atoms with Crippen molar-refractivity contribution in [3.05, 3.63) is 101 Å². The van der Waals surface area contributed by atoms with Crippen LogP contribution >= 0.6 is 0 Å². The van der Waals surface area contributed by atoms with E-state index in [0.29, 0.717) is 19.0 Å². The van der Waals surface area contributed by atoms with E-state index in [2.05, 4.69) is 134 Å². The lowest BCUT2D eigenvalue weighted by molar-refractivity contribution is 0.311. The van der Waals surface area contributed by atoms with Crippen LogP contribution in [0.4, 0.5) is 0 Å². The minimum atomic E-state index is 0.101. The number of nitrogens with zero attached hydrogens (tertiary/aromatic N) is 2. The SMILES string of the molecule is C#CCOc1ccc2c3c(ccc2c1)C(Cc1ccc2c4ccc5c6ccc(CC(C)(C)C)cc6n(CC#C)c5c4n(CC#C)c2c1)C(C)(C)C3. The fraction of sp³-hybridized carbons (Fsp3) is 0.292. The first kappa shape index (κ1) is 32.6. The predicted molar refractivity (Wildman–Crippen MR) is 215 cm³/mol. The van der Waals surface area contributed by atoms with Crippen LogP contribution in [0.3, 0.4) is 0 Å². The van der Waals surface area contributed by atoms with Crippen molar-refractivity contribution in [3.63, 3.8) is 0 Å². The van der Waals surface area contributed by atoms with Gasteiger partial charge < -0.3 is 13.9 Å². The first-order chi connectivity index (χ1) is 24.5. The molecule has 0 amide bonds. The number of aromatic nitrogens is 2. The number of hydrogen-bond donors (Lipinski definition) is 0. The molecule has 3 heteroatoms. The molecule has 0 radical (unpaired) electrons. The molecule has 51 heavy (non-hydrogen) atoms. The van der Waals surface area contributed by atoms with Crippen LogP contribution in [0.2, 0.25) is 0 Å². The Morgan fingerprint density at radius 3 is 1.90 bits per heavy atom. The highest BCUT2D eigenvalue weighted by Crippen LogP contribution is 2.51. The van der Waals surface area contributed by atoms with Crippen LogP contribution in [-0.4, -0.2) is 15.7 Å². The summed E-state index contributed by atoms with van der Waals surface area (Å²) in [7, 11) is 0. The van der Waals surface area contributed by atoms with Crippen LogP contribution in [0.15, 0.2) is 78.9 Å². The van der Waals surface area contributed by atoms with Gasteiger partial charge in [0, 0.05) is 21.5 Å². The fourth-order valence-corrected chi connectivity index (χ4v) is 8.97. The van der Waals surface area contributed by atoms with Crippen molar-refractivity contribution in [2.24, 2.45) is 10.8 Å². The molecular weight excluding hydrogens is 621 g/mol. The summed E-state index contributed by atoms with van der Waals surface area (Å²) >= 11 is 0. The molecule has 252 valence electrons. The predicted octanol–water partition coefficient (Wildman–Crippen LogP) is 10.8. The number of fused-ring (bicyclic) bond motifs is 10. The Bertz CT molecular complexity index is 2670. The molecule has 7 aromatic rings. The molecule has 5 aromatic carbocycles. The molecule has 1 aliphatic carbocycles. The smallest absolute Gasteiger partial charge is 0.148 e. The molecule has 0 saturated heterocycles. The lowest BCUT2D eigenvalue weighted by Gasteiger charge is -2.28. The van der Waals surface area contributed by atoms with Gasteiger partial charge in [0.15, 0.2) is 0 Å². The molecule has 1 atom stereocenters. The van der Waals surface area contributed by atoms with Crippen LogP contribution in [0, 0.1) is 47.9 Å². The van der Waals surface area contributed by atoms with Crippen LogP contribution in [-0.2, 0) is 32.4 Å². The number of terminal acetylenes is 3. The zero-order valence-electron chi connectivity index (χ0n) is 30.4. The maximum atomic E-state index is 6.11. The van der Waals surface area contributed by atoms with E-state index in [0.717, 1.165) is 36.0 Å². The van der Waals surface area contributed by atoms with Crippen LogP contribution < -0.4 is 4.74 Å². The van der Waals surface area contributed by atoms with Crippen molar-refractivity contribution in [2.75, 3.05) is 6.61 Å². The summed E-state index contributed by atoms with van der Waals surface area (Å²) in [5, 5.41) is 7.36. The maximum absolute atomic E-state index is 6.11. The van der Waals surface area contributed by atoms with Crippen molar-refractivity contribution in [2.45, 2.75) is 72.9 Å². The normalized spacial score (nSPS) is 15.4. The van der Waals surface area contributed by atoms with Crippen LogP contribution in [0.1, 0.15) is 62.8 Å². The fourth-order valence-electron chi connectivity index (χ4n) is 8.97. The highest BCUT2D eigenvalue weighted by molar-refractivity contribution is 6.22. The van der Waals surface area contributed by atoms with E-state index >= 15 is 0 Å². The topological polar surface area (TPSA) is 19.1 Å². The van der Waals surface area contributed by atoms with Gasteiger partial charge in [-0.25, -0.2) is 0 Å². The van der Waals surface area contributed by atoms with Crippen molar-refractivity contribution < 1.29 is 4.74 Å². The Labute approximate surface area is 301 Å². The van der Waals surface area contributed by atoms with Crippen LogP contribution in [0.25, 0.3) is 54.4 Å². The monoisotopic (exact) mass is 664 g/mol. The molecule has 1 unspecified atom stereocenters. The average molecular weight is 665 g/mol. The van der Waals surface area contributed by atoms with Gasteiger partial charge in [-0.05, 0) is 93.3 Å². The molecule has 3 nitrogen and oxygen atoms in total. The van der Waals surface area contributed by atoms with E-state index < -0.39 is 0 Å². The number of benzene rings is 5. The molecule has 0 fully saturated rings. The Balaban J connectivity index is 1.26. The molecule has 8 rings (SSSR count). The second-order valence-electron chi connectivity index (χ2n) is 16.3. The number of ether oxygens (including phenoxy) is 1. The molecule has 2 heterocycles. The summed E-state index contributed by atoms with van der Waals surface area (Å²) < 4.78 is 10.4. The molecule has 2 aromatic heterocycles. The highest BCUT2D eigenvalue weighted by atomic mass is 16.5. The summed E-state index contributed by atoms with van der Waals surface area (Å²) in [4.78, 5) is 0. The van der Waals surface area contributed by atoms with E-state index in [1.54, 1.807) is 0 Å². The highest BCUT2D eigenvalue weighted by Gasteiger charge is 2.39. The van der Waals surface area contributed by atoms with E-state index in [4.69, 9.17) is 24.0 Å². The molecule has 0 aliphatic heterocycles. The van der Waals surface area contributed by atoms with Crippen molar-refractivity contribution >= 4 is 54.4 Å². The first-order valence-corrected chi connectivity index (χ1v) is 18.0. The Kier molecular flexibility index (Phi) is 7.71. The Morgan fingerprint density at radius 2 is 1.29 bits per heavy atom. The maximum Gasteiger partial charge on any atom is 0.148 e. The van der Waals surface area contributed by atoms with Gasteiger partial charge in [-0.2, -0.15) is 0 Å². The van der Waals surface area contributed by atoms with Crippen molar-refractivity contribution in [1.29, 1.82) is 0 Å².